The fraction of sp³-hybridized carbons (Fsp3) is 0.524. The number of aliphatic hydroxyl groups excluding tert-OH is 1. The second kappa shape index (κ2) is 10.1. The van der Waals surface area contributed by atoms with Crippen LogP contribution >= 0.6 is 11.8 Å². The smallest absolute Gasteiger partial charge is 0.191 e. The second-order valence-electron chi connectivity index (χ2n) is 7.50. The van der Waals surface area contributed by atoms with Crippen LogP contribution in [0.4, 0.5) is 0 Å². The van der Waals surface area contributed by atoms with Gasteiger partial charge in [-0.05, 0) is 36.7 Å². The Bertz CT molecular complexity index is 617. The molecule has 0 fully saturated rings. The van der Waals surface area contributed by atoms with Crippen molar-refractivity contribution in [2.24, 2.45) is 0 Å². The summed E-state index contributed by atoms with van der Waals surface area (Å²) in [7, 11) is -1.68. The molecule has 2 unspecified atom stereocenters. The number of benzene rings is 1. The molecule has 2 atom stereocenters. The predicted octanol–water partition coefficient (Wildman–Crippen LogP) is 4.95. The number of terminal acetylenes is 1. The molecule has 1 aromatic rings. The summed E-state index contributed by atoms with van der Waals surface area (Å²) in [6.45, 7) is 11.9. The molecule has 136 valence electrons. The summed E-state index contributed by atoms with van der Waals surface area (Å²) in [4.78, 5) is 1.04. The van der Waals surface area contributed by atoms with Gasteiger partial charge in [0.15, 0.2) is 8.32 Å². The molecule has 1 rings (SSSR count). The fourth-order valence-corrected chi connectivity index (χ4v) is 3.75. The molecular formula is C21H30O2SSi. The summed E-state index contributed by atoms with van der Waals surface area (Å²) in [6, 6.07) is 9.82. The predicted molar refractivity (Wildman–Crippen MR) is 111 cm³/mol. The number of unbranched alkanes of at least 4 members (excludes halogenated alkanes) is 1. The van der Waals surface area contributed by atoms with Gasteiger partial charge in [-0.2, -0.15) is 0 Å². The van der Waals surface area contributed by atoms with Crippen molar-refractivity contribution in [1.82, 2.24) is 0 Å². The first-order chi connectivity index (χ1) is 11.7. The van der Waals surface area contributed by atoms with E-state index in [1.165, 1.54) is 11.8 Å². The van der Waals surface area contributed by atoms with Crippen LogP contribution in [-0.2, 0) is 4.43 Å². The Morgan fingerprint density at radius 1 is 1.24 bits per heavy atom. The summed E-state index contributed by atoms with van der Waals surface area (Å²) in [5.74, 6) is 8.55. The lowest BCUT2D eigenvalue weighted by Crippen LogP contribution is -2.40. The van der Waals surface area contributed by atoms with Crippen molar-refractivity contribution in [2.45, 2.75) is 68.0 Å². The molecule has 0 aromatic heterocycles. The average molecular weight is 375 g/mol. The van der Waals surface area contributed by atoms with Crippen molar-refractivity contribution < 1.29 is 9.53 Å². The molecule has 0 amide bonds. The molecule has 4 heteroatoms. The SMILES string of the molecule is C#CC(Sc1ccccc1)C(O)C#CCCCO[Si](C)(C)C(C)(C)C. The van der Waals surface area contributed by atoms with Crippen LogP contribution in [0.5, 0.6) is 0 Å². The van der Waals surface area contributed by atoms with E-state index >= 15 is 0 Å². The number of thioether (sulfide) groups is 1. The van der Waals surface area contributed by atoms with Gasteiger partial charge in [0.1, 0.15) is 11.4 Å². The number of hydrogen-bond acceptors (Lipinski definition) is 3. The molecule has 2 nitrogen and oxygen atoms in total. The topological polar surface area (TPSA) is 29.5 Å². The first kappa shape index (κ1) is 21.9. The molecule has 0 aliphatic rings. The summed E-state index contributed by atoms with van der Waals surface area (Å²) in [5.41, 5.74) is 0. The van der Waals surface area contributed by atoms with Gasteiger partial charge < -0.3 is 9.53 Å². The highest BCUT2D eigenvalue weighted by molar-refractivity contribution is 8.00. The van der Waals surface area contributed by atoms with Crippen molar-refractivity contribution in [2.75, 3.05) is 6.61 Å². The van der Waals surface area contributed by atoms with E-state index in [-0.39, 0.29) is 10.3 Å². The molecule has 0 radical (unpaired) electrons. The molecule has 25 heavy (non-hydrogen) atoms. The molecule has 0 saturated heterocycles. The van der Waals surface area contributed by atoms with Crippen LogP contribution in [0.1, 0.15) is 33.6 Å². The maximum absolute atomic E-state index is 10.2. The van der Waals surface area contributed by atoms with Crippen molar-refractivity contribution in [1.29, 1.82) is 0 Å². The number of aliphatic hydroxyl groups is 1. The molecule has 0 aliphatic carbocycles. The molecule has 0 heterocycles. The standard InChI is InChI=1S/C21H30O2SSi/c1-7-20(24-18-14-10-8-11-15-18)19(22)16-12-9-13-17-23-25(5,6)21(2,3)4/h1,8,10-11,14-15,19-20,22H,9,13,17H2,2-6H3. The molecular weight excluding hydrogens is 344 g/mol. The van der Waals surface area contributed by atoms with Crippen molar-refractivity contribution >= 4 is 20.1 Å². The van der Waals surface area contributed by atoms with E-state index in [0.29, 0.717) is 6.42 Å². The van der Waals surface area contributed by atoms with Gasteiger partial charge in [-0.25, -0.2) is 0 Å². The summed E-state index contributed by atoms with van der Waals surface area (Å²) in [6.07, 6.45) is 6.31. The van der Waals surface area contributed by atoms with Crippen LogP contribution < -0.4 is 0 Å². The van der Waals surface area contributed by atoms with E-state index in [4.69, 9.17) is 10.8 Å². The quantitative estimate of drug-likeness (QED) is 0.317. The van der Waals surface area contributed by atoms with Gasteiger partial charge in [0, 0.05) is 17.9 Å². The van der Waals surface area contributed by atoms with Crippen LogP contribution in [0, 0.1) is 24.2 Å². The fourth-order valence-electron chi connectivity index (χ4n) is 1.79. The minimum Gasteiger partial charge on any atom is -0.417 e. The van der Waals surface area contributed by atoms with Crippen LogP contribution in [0.2, 0.25) is 18.1 Å². The normalized spacial score (nSPS) is 14.1. The van der Waals surface area contributed by atoms with Gasteiger partial charge in [0.05, 0.1) is 0 Å². The molecule has 0 saturated carbocycles. The highest BCUT2D eigenvalue weighted by atomic mass is 32.2. The minimum absolute atomic E-state index is 0.226. The Morgan fingerprint density at radius 2 is 1.88 bits per heavy atom. The molecule has 0 spiro atoms. The van der Waals surface area contributed by atoms with E-state index in [1.807, 2.05) is 30.3 Å². The average Bonchev–Trinajstić information content (AvgIpc) is 2.55. The van der Waals surface area contributed by atoms with E-state index in [1.54, 1.807) is 0 Å². The van der Waals surface area contributed by atoms with Crippen LogP contribution in [0.15, 0.2) is 35.2 Å². The molecule has 1 aromatic carbocycles. The zero-order valence-electron chi connectivity index (χ0n) is 16.0. The third kappa shape index (κ3) is 7.71. The van der Waals surface area contributed by atoms with Crippen LogP contribution in [0.25, 0.3) is 0 Å². The Morgan fingerprint density at radius 3 is 2.44 bits per heavy atom. The molecule has 0 aliphatic heterocycles. The Kier molecular flexibility index (Phi) is 8.83. The minimum atomic E-state index is -1.68. The Hall–Kier alpha value is -1.17. The van der Waals surface area contributed by atoms with Gasteiger partial charge in [0.2, 0.25) is 0 Å². The summed E-state index contributed by atoms with van der Waals surface area (Å²) in [5, 5.41) is 10.1. The summed E-state index contributed by atoms with van der Waals surface area (Å²) < 4.78 is 6.12. The maximum atomic E-state index is 10.2. The first-order valence-corrected chi connectivity index (χ1v) is 12.4. The van der Waals surface area contributed by atoms with E-state index < -0.39 is 14.4 Å². The van der Waals surface area contributed by atoms with E-state index in [2.05, 4.69) is 51.6 Å². The van der Waals surface area contributed by atoms with Gasteiger partial charge in [-0.1, -0.05) is 50.8 Å². The first-order valence-electron chi connectivity index (χ1n) is 8.65. The van der Waals surface area contributed by atoms with Crippen molar-refractivity contribution in [3.8, 4) is 24.2 Å². The van der Waals surface area contributed by atoms with Gasteiger partial charge in [0.25, 0.3) is 0 Å². The lowest BCUT2D eigenvalue weighted by atomic mass is 10.2. The van der Waals surface area contributed by atoms with Crippen LogP contribution in [0.3, 0.4) is 0 Å². The third-order valence-corrected chi connectivity index (χ3v) is 10.2. The summed E-state index contributed by atoms with van der Waals surface area (Å²) >= 11 is 1.46. The monoisotopic (exact) mass is 374 g/mol. The second-order valence-corrected chi connectivity index (χ2v) is 13.5. The van der Waals surface area contributed by atoms with E-state index in [9.17, 15) is 5.11 Å². The lowest BCUT2D eigenvalue weighted by molar-refractivity contribution is 0.243. The Balaban J connectivity index is 2.40. The zero-order valence-corrected chi connectivity index (χ0v) is 17.8. The number of rotatable bonds is 7. The largest absolute Gasteiger partial charge is 0.417 e. The van der Waals surface area contributed by atoms with Gasteiger partial charge in [-0.3, -0.25) is 0 Å². The maximum Gasteiger partial charge on any atom is 0.191 e. The third-order valence-electron chi connectivity index (χ3n) is 4.42. The zero-order chi connectivity index (χ0) is 18.9. The lowest BCUT2D eigenvalue weighted by Gasteiger charge is -2.36. The van der Waals surface area contributed by atoms with Gasteiger partial charge >= 0.3 is 0 Å². The van der Waals surface area contributed by atoms with Crippen molar-refractivity contribution in [3.63, 3.8) is 0 Å². The van der Waals surface area contributed by atoms with E-state index in [0.717, 1.165) is 17.9 Å². The van der Waals surface area contributed by atoms with Crippen LogP contribution in [-0.4, -0.2) is 31.4 Å². The molecule has 1 N–H and O–H groups in total. The number of hydrogen-bond donors (Lipinski definition) is 1. The highest BCUT2D eigenvalue weighted by Gasteiger charge is 2.36. The van der Waals surface area contributed by atoms with Crippen molar-refractivity contribution in [3.05, 3.63) is 30.3 Å². The highest BCUT2D eigenvalue weighted by Crippen LogP contribution is 2.36. The Labute approximate surface area is 158 Å². The van der Waals surface area contributed by atoms with Gasteiger partial charge in [-0.15, -0.1) is 24.1 Å². The molecule has 0 bridgehead atoms.